The van der Waals surface area contributed by atoms with Crippen LogP contribution in [0.4, 0.5) is 5.69 Å². The van der Waals surface area contributed by atoms with E-state index in [9.17, 15) is 4.79 Å². The van der Waals surface area contributed by atoms with Crippen molar-refractivity contribution >= 4 is 42.1 Å². The van der Waals surface area contributed by atoms with Crippen LogP contribution in [0, 0.1) is 12.3 Å². The van der Waals surface area contributed by atoms with Gasteiger partial charge in [0, 0.05) is 23.6 Å². The lowest BCUT2D eigenvalue weighted by Gasteiger charge is -2.25. The van der Waals surface area contributed by atoms with Crippen molar-refractivity contribution in [3.05, 3.63) is 54.4 Å². The molecule has 0 saturated heterocycles. The zero-order valence-electron chi connectivity index (χ0n) is 15.9. The minimum Gasteiger partial charge on any atom is -0.325 e. The van der Waals surface area contributed by atoms with Gasteiger partial charge in [-0.25, -0.2) is 4.98 Å². The lowest BCUT2D eigenvalue weighted by Crippen LogP contribution is -2.45. The number of anilines is 1. The number of carbonyl (C=O) groups is 1. The van der Waals surface area contributed by atoms with Crippen LogP contribution in [0.2, 0.25) is 0 Å². The minimum atomic E-state index is -0.561. The molecular weight excluding hydrogens is 383 g/mol. The molecule has 2 aromatic heterocycles. The lowest BCUT2D eigenvalue weighted by molar-refractivity contribution is -0.119. The third-order valence-corrected chi connectivity index (χ3v) is 4.34. The van der Waals surface area contributed by atoms with Crippen LogP contribution in [0.1, 0.15) is 26.3 Å². The number of hydrogen-bond acceptors (Lipinski definition) is 3. The molecule has 5 nitrogen and oxygen atoms in total. The maximum absolute atomic E-state index is 12.2. The van der Waals surface area contributed by atoms with Gasteiger partial charge in [0.1, 0.15) is 5.65 Å². The Kier molecular flexibility index (Phi) is 7.43. The van der Waals surface area contributed by atoms with Crippen molar-refractivity contribution in [2.24, 2.45) is 11.1 Å². The van der Waals surface area contributed by atoms with Crippen molar-refractivity contribution in [3.63, 3.8) is 0 Å². The van der Waals surface area contributed by atoms with Crippen molar-refractivity contribution < 1.29 is 4.79 Å². The fourth-order valence-corrected chi connectivity index (χ4v) is 2.63. The summed E-state index contributed by atoms with van der Waals surface area (Å²) in [5, 5.41) is 2.87. The Balaban J connectivity index is 0.00000182. The summed E-state index contributed by atoms with van der Waals surface area (Å²) in [4.78, 5) is 16.9. The molecule has 0 bridgehead atoms. The molecule has 3 N–H and O–H groups in total. The van der Waals surface area contributed by atoms with Crippen LogP contribution in [-0.2, 0) is 4.79 Å². The fraction of sp³-hybridized carbons (Fsp3) is 0.300. The van der Waals surface area contributed by atoms with E-state index in [-0.39, 0.29) is 36.1 Å². The van der Waals surface area contributed by atoms with Crippen molar-refractivity contribution in [1.82, 2.24) is 9.38 Å². The maximum atomic E-state index is 12.2. The van der Waals surface area contributed by atoms with Gasteiger partial charge in [-0.2, -0.15) is 0 Å². The first kappa shape index (κ1) is 23.0. The third kappa shape index (κ3) is 5.01. The number of nitrogens with zero attached hydrogens (tertiary/aromatic N) is 2. The topological polar surface area (TPSA) is 72.4 Å². The molecule has 0 spiro atoms. The molecular formula is C20H26Cl2N4O. The van der Waals surface area contributed by atoms with Gasteiger partial charge < -0.3 is 15.5 Å². The van der Waals surface area contributed by atoms with Crippen molar-refractivity contribution in [2.75, 3.05) is 5.32 Å². The average Bonchev–Trinajstić information content (AvgIpc) is 2.99. The average molecular weight is 409 g/mol. The standard InChI is InChI=1S/C20H24N4O.2ClH/c1-13-6-5-11-24-12-16(23-18(13)24)14-7-9-15(10-8-14)22-19(25)17(21)20(2,3)4;;/h5-12,17H,21H2,1-4H3,(H,22,25);2*1H/t17-;;/m1../s1. The van der Waals surface area contributed by atoms with Crippen LogP contribution < -0.4 is 11.1 Å². The van der Waals surface area contributed by atoms with Gasteiger partial charge in [-0.1, -0.05) is 39.0 Å². The van der Waals surface area contributed by atoms with Crippen LogP contribution in [0.15, 0.2) is 48.8 Å². The molecule has 1 aromatic carbocycles. The summed E-state index contributed by atoms with van der Waals surface area (Å²) in [6, 6.07) is 11.1. The second kappa shape index (κ2) is 8.74. The number of nitrogens with one attached hydrogen (secondary N) is 1. The molecule has 0 radical (unpaired) electrons. The molecule has 7 heteroatoms. The van der Waals surface area contributed by atoms with Crippen LogP contribution in [0.5, 0.6) is 0 Å². The molecule has 2 heterocycles. The van der Waals surface area contributed by atoms with E-state index < -0.39 is 6.04 Å². The first-order chi connectivity index (χ1) is 11.8. The van der Waals surface area contributed by atoms with Crippen LogP contribution in [-0.4, -0.2) is 21.3 Å². The molecule has 0 unspecified atom stereocenters. The summed E-state index contributed by atoms with van der Waals surface area (Å²) >= 11 is 0. The van der Waals surface area contributed by atoms with Gasteiger partial charge in [-0.05, 0) is 36.1 Å². The van der Waals surface area contributed by atoms with Crippen molar-refractivity contribution in [3.8, 4) is 11.3 Å². The highest BCUT2D eigenvalue weighted by Crippen LogP contribution is 2.23. The van der Waals surface area contributed by atoms with Gasteiger partial charge in [-0.3, -0.25) is 4.79 Å². The normalized spacial score (nSPS) is 12.0. The number of amides is 1. The van der Waals surface area contributed by atoms with E-state index in [2.05, 4.69) is 10.3 Å². The molecule has 146 valence electrons. The number of fused-ring (bicyclic) bond motifs is 1. The number of aryl methyl sites for hydroxylation is 1. The van der Waals surface area contributed by atoms with Gasteiger partial charge in [0.15, 0.2) is 0 Å². The Labute approximate surface area is 172 Å². The van der Waals surface area contributed by atoms with Gasteiger partial charge in [-0.15, -0.1) is 24.8 Å². The summed E-state index contributed by atoms with van der Waals surface area (Å²) in [5.74, 6) is -0.177. The molecule has 0 saturated carbocycles. The highest BCUT2D eigenvalue weighted by Gasteiger charge is 2.27. The first-order valence-corrected chi connectivity index (χ1v) is 8.37. The summed E-state index contributed by atoms with van der Waals surface area (Å²) in [6.45, 7) is 7.90. The summed E-state index contributed by atoms with van der Waals surface area (Å²) < 4.78 is 2.02. The summed E-state index contributed by atoms with van der Waals surface area (Å²) in [6.07, 6.45) is 3.99. The molecule has 3 rings (SSSR count). The van der Waals surface area contributed by atoms with Gasteiger partial charge in [0.25, 0.3) is 0 Å². The van der Waals surface area contributed by atoms with E-state index in [4.69, 9.17) is 5.73 Å². The monoisotopic (exact) mass is 408 g/mol. The Morgan fingerprint density at radius 2 is 1.78 bits per heavy atom. The number of nitrogens with two attached hydrogens (primary N) is 1. The number of halogens is 2. The third-order valence-electron chi connectivity index (χ3n) is 4.34. The lowest BCUT2D eigenvalue weighted by atomic mass is 9.87. The van der Waals surface area contributed by atoms with E-state index in [1.807, 2.05) is 80.9 Å². The zero-order chi connectivity index (χ0) is 18.2. The number of hydrogen-bond donors (Lipinski definition) is 2. The highest BCUT2D eigenvalue weighted by molar-refractivity contribution is 5.95. The molecule has 1 atom stereocenters. The SMILES string of the molecule is Cc1cccn2cc(-c3ccc(NC(=O)[C@@H](N)C(C)(C)C)cc3)nc12.Cl.Cl. The Hall–Kier alpha value is -2.08. The van der Waals surface area contributed by atoms with E-state index in [1.54, 1.807) is 0 Å². The summed E-state index contributed by atoms with van der Waals surface area (Å²) in [7, 11) is 0. The van der Waals surface area contributed by atoms with E-state index in [1.165, 1.54) is 0 Å². The van der Waals surface area contributed by atoms with Gasteiger partial charge >= 0.3 is 0 Å². The molecule has 3 aromatic rings. The fourth-order valence-electron chi connectivity index (χ4n) is 2.63. The summed E-state index contributed by atoms with van der Waals surface area (Å²) in [5.41, 5.74) is 10.4. The first-order valence-electron chi connectivity index (χ1n) is 8.37. The molecule has 1 amide bonds. The second-order valence-corrected chi connectivity index (χ2v) is 7.46. The van der Waals surface area contributed by atoms with E-state index in [0.29, 0.717) is 0 Å². The second-order valence-electron chi connectivity index (χ2n) is 7.46. The maximum Gasteiger partial charge on any atom is 0.241 e. The Bertz CT molecular complexity index is 914. The Morgan fingerprint density at radius 3 is 2.33 bits per heavy atom. The number of imidazole rings is 1. The van der Waals surface area contributed by atoms with Crippen LogP contribution in [0.25, 0.3) is 16.9 Å². The predicted octanol–water partition coefficient (Wildman–Crippen LogP) is 4.47. The minimum absolute atomic E-state index is 0. The quantitative estimate of drug-likeness (QED) is 0.671. The van der Waals surface area contributed by atoms with Gasteiger partial charge in [0.05, 0.1) is 11.7 Å². The van der Waals surface area contributed by atoms with E-state index >= 15 is 0 Å². The Morgan fingerprint density at radius 1 is 1.15 bits per heavy atom. The largest absolute Gasteiger partial charge is 0.325 e. The van der Waals surface area contributed by atoms with Crippen molar-refractivity contribution in [1.29, 1.82) is 0 Å². The van der Waals surface area contributed by atoms with Crippen LogP contribution in [0.3, 0.4) is 0 Å². The number of rotatable bonds is 3. The number of carbonyl (C=O) groups excluding carboxylic acids is 1. The molecule has 27 heavy (non-hydrogen) atoms. The zero-order valence-corrected chi connectivity index (χ0v) is 17.5. The molecule has 0 aliphatic rings. The van der Waals surface area contributed by atoms with E-state index in [0.717, 1.165) is 28.2 Å². The number of benzene rings is 1. The number of aromatic nitrogens is 2. The predicted molar refractivity (Wildman–Crippen MR) is 116 cm³/mol. The van der Waals surface area contributed by atoms with Crippen molar-refractivity contribution in [2.45, 2.75) is 33.7 Å². The number of pyridine rings is 1. The molecule has 0 aliphatic heterocycles. The van der Waals surface area contributed by atoms with Crippen LogP contribution >= 0.6 is 24.8 Å². The van der Waals surface area contributed by atoms with Gasteiger partial charge in [0.2, 0.25) is 5.91 Å². The smallest absolute Gasteiger partial charge is 0.241 e. The molecule has 0 fully saturated rings. The molecule has 0 aliphatic carbocycles. The highest BCUT2D eigenvalue weighted by atomic mass is 35.5.